The first-order chi connectivity index (χ1) is 8.49. The Hall–Kier alpha value is -1.18. The van der Waals surface area contributed by atoms with Crippen molar-refractivity contribution in [3.8, 4) is 0 Å². The van der Waals surface area contributed by atoms with E-state index >= 15 is 0 Å². The molecule has 2 N–H and O–H groups in total. The summed E-state index contributed by atoms with van der Waals surface area (Å²) in [6, 6.07) is 1.77. The van der Waals surface area contributed by atoms with Crippen LogP contribution >= 0.6 is 11.3 Å². The molecule has 0 atom stereocenters. The van der Waals surface area contributed by atoms with Crippen LogP contribution in [-0.2, 0) is 21.4 Å². The molecule has 98 valence electrons. The number of carboxylic acids is 1. The third kappa shape index (κ3) is 3.41. The van der Waals surface area contributed by atoms with Crippen molar-refractivity contribution in [2.24, 2.45) is 0 Å². The first-order valence-corrected chi connectivity index (χ1v) is 7.87. The van der Waals surface area contributed by atoms with Gasteiger partial charge < -0.3 is 5.11 Å². The minimum Gasteiger partial charge on any atom is -0.478 e. The van der Waals surface area contributed by atoms with Crippen LogP contribution in [0.2, 0.25) is 0 Å². The monoisotopic (exact) mass is 287 g/mol. The van der Waals surface area contributed by atoms with Gasteiger partial charge in [0.1, 0.15) is 0 Å². The molecule has 5 nitrogen and oxygen atoms in total. The van der Waals surface area contributed by atoms with Gasteiger partial charge in [-0.3, -0.25) is 0 Å². The van der Waals surface area contributed by atoms with E-state index in [0.717, 1.165) is 29.4 Å². The molecule has 0 aliphatic heterocycles. The van der Waals surface area contributed by atoms with Crippen molar-refractivity contribution >= 4 is 33.4 Å². The molecule has 0 unspecified atom stereocenters. The van der Waals surface area contributed by atoms with Crippen LogP contribution in [0.5, 0.6) is 0 Å². The van der Waals surface area contributed by atoms with E-state index in [1.807, 2.05) is 5.38 Å². The standard InChI is InChI=1S/C11H13NO4S2/c13-11(14)4-1-8-5-6-17-10(8)7-12-18(15,16)9-2-3-9/h1,4-6,9,12H,2-3,7H2,(H,13,14). The molecule has 2 rings (SSSR count). The van der Waals surface area contributed by atoms with Gasteiger partial charge in [0.25, 0.3) is 0 Å². The summed E-state index contributed by atoms with van der Waals surface area (Å²) in [6.45, 7) is 0.218. The highest BCUT2D eigenvalue weighted by Gasteiger charge is 2.35. The highest BCUT2D eigenvalue weighted by Crippen LogP contribution is 2.28. The van der Waals surface area contributed by atoms with Crippen LogP contribution in [0.1, 0.15) is 23.3 Å². The van der Waals surface area contributed by atoms with Gasteiger partial charge in [-0.2, -0.15) is 0 Å². The number of rotatable bonds is 6. The van der Waals surface area contributed by atoms with Crippen LogP contribution in [-0.4, -0.2) is 24.7 Å². The zero-order chi connectivity index (χ0) is 13.2. The minimum absolute atomic E-state index is 0.218. The van der Waals surface area contributed by atoms with Gasteiger partial charge in [0.15, 0.2) is 0 Å². The number of carboxylic acid groups (broad SMARTS) is 1. The van der Waals surface area contributed by atoms with Crippen molar-refractivity contribution in [3.63, 3.8) is 0 Å². The lowest BCUT2D eigenvalue weighted by molar-refractivity contribution is -0.131. The zero-order valence-electron chi connectivity index (χ0n) is 9.50. The normalized spacial score (nSPS) is 16.2. The van der Waals surface area contributed by atoms with E-state index in [9.17, 15) is 13.2 Å². The predicted molar refractivity (Wildman–Crippen MR) is 69.8 cm³/mol. The van der Waals surface area contributed by atoms with Gasteiger partial charge in [0.05, 0.1) is 5.25 Å². The Balaban J connectivity index is 2.01. The summed E-state index contributed by atoms with van der Waals surface area (Å²) in [4.78, 5) is 11.2. The van der Waals surface area contributed by atoms with Gasteiger partial charge in [-0.15, -0.1) is 11.3 Å². The largest absolute Gasteiger partial charge is 0.478 e. The molecule has 1 aromatic rings. The number of aliphatic carboxylic acids is 1. The molecule has 0 radical (unpaired) electrons. The fraction of sp³-hybridized carbons (Fsp3) is 0.364. The Morgan fingerprint density at radius 3 is 2.89 bits per heavy atom. The van der Waals surface area contributed by atoms with Crippen LogP contribution in [0, 0.1) is 0 Å². The molecule has 1 aromatic heterocycles. The quantitative estimate of drug-likeness (QED) is 0.775. The second-order valence-corrected chi connectivity index (χ2v) is 7.08. The summed E-state index contributed by atoms with van der Waals surface area (Å²) in [5, 5.41) is 10.1. The van der Waals surface area contributed by atoms with Crippen molar-refractivity contribution in [1.29, 1.82) is 0 Å². The molecular formula is C11H13NO4S2. The fourth-order valence-electron chi connectivity index (χ4n) is 1.47. The molecule has 1 aliphatic rings. The maximum Gasteiger partial charge on any atom is 0.328 e. The van der Waals surface area contributed by atoms with Gasteiger partial charge in [-0.05, 0) is 35.9 Å². The molecule has 18 heavy (non-hydrogen) atoms. The second kappa shape index (κ2) is 5.21. The van der Waals surface area contributed by atoms with Crippen LogP contribution in [0.15, 0.2) is 17.5 Å². The van der Waals surface area contributed by atoms with Gasteiger partial charge >= 0.3 is 5.97 Å². The molecule has 0 aromatic carbocycles. The van der Waals surface area contributed by atoms with Crippen molar-refractivity contribution in [2.75, 3.05) is 0 Å². The molecule has 0 saturated heterocycles. The van der Waals surface area contributed by atoms with E-state index in [4.69, 9.17) is 5.11 Å². The fourth-order valence-corrected chi connectivity index (χ4v) is 3.70. The Morgan fingerprint density at radius 2 is 2.28 bits per heavy atom. The molecule has 1 fully saturated rings. The molecule has 1 heterocycles. The summed E-state index contributed by atoms with van der Waals surface area (Å²) >= 11 is 1.40. The SMILES string of the molecule is O=C(O)C=Cc1ccsc1CNS(=O)(=O)C1CC1. The smallest absolute Gasteiger partial charge is 0.328 e. The summed E-state index contributed by atoms with van der Waals surface area (Å²) < 4.78 is 25.8. The number of sulfonamides is 1. The van der Waals surface area contributed by atoms with E-state index < -0.39 is 16.0 Å². The zero-order valence-corrected chi connectivity index (χ0v) is 11.1. The highest BCUT2D eigenvalue weighted by atomic mass is 32.2. The third-order valence-corrected chi connectivity index (χ3v) is 5.41. The van der Waals surface area contributed by atoms with Gasteiger partial charge in [0.2, 0.25) is 10.0 Å². The topological polar surface area (TPSA) is 83.5 Å². The Kier molecular flexibility index (Phi) is 3.84. The Bertz CT molecular complexity index is 570. The van der Waals surface area contributed by atoms with E-state index in [1.165, 1.54) is 17.4 Å². The van der Waals surface area contributed by atoms with E-state index in [2.05, 4.69) is 4.72 Å². The minimum atomic E-state index is -3.19. The summed E-state index contributed by atoms with van der Waals surface area (Å²) in [6.07, 6.45) is 3.97. The van der Waals surface area contributed by atoms with E-state index in [1.54, 1.807) is 6.07 Å². The van der Waals surface area contributed by atoms with Crippen molar-refractivity contribution < 1.29 is 18.3 Å². The van der Waals surface area contributed by atoms with E-state index in [0.29, 0.717) is 0 Å². The number of carbonyl (C=O) groups is 1. The van der Waals surface area contributed by atoms with Crippen molar-refractivity contribution in [3.05, 3.63) is 28.0 Å². The summed E-state index contributed by atoms with van der Waals surface area (Å²) in [5.41, 5.74) is 0.737. The summed E-state index contributed by atoms with van der Waals surface area (Å²) in [7, 11) is -3.19. The van der Waals surface area contributed by atoms with Crippen molar-refractivity contribution in [2.45, 2.75) is 24.6 Å². The average molecular weight is 287 g/mol. The first kappa shape index (κ1) is 13.3. The molecule has 0 bridgehead atoms. The van der Waals surface area contributed by atoms with Gasteiger partial charge in [0, 0.05) is 17.5 Å². The third-order valence-electron chi connectivity index (χ3n) is 2.58. The van der Waals surface area contributed by atoms with Crippen LogP contribution in [0.3, 0.4) is 0 Å². The lowest BCUT2D eigenvalue weighted by Crippen LogP contribution is -2.26. The first-order valence-electron chi connectivity index (χ1n) is 5.45. The maximum atomic E-state index is 11.6. The van der Waals surface area contributed by atoms with Gasteiger partial charge in [-0.1, -0.05) is 0 Å². The Labute approximate surface area is 109 Å². The van der Waals surface area contributed by atoms with Crippen LogP contribution in [0.4, 0.5) is 0 Å². The number of nitrogens with one attached hydrogen (secondary N) is 1. The lowest BCUT2D eigenvalue weighted by atomic mass is 10.2. The average Bonchev–Trinajstić information content (AvgIpc) is 3.06. The lowest BCUT2D eigenvalue weighted by Gasteiger charge is -2.04. The number of hydrogen-bond donors (Lipinski definition) is 2. The van der Waals surface area contributed by atoms with Crippen LogP contribution in [0.25, 0.3) is 6.08 Å². The molecule has 0 amide bonds. The maximum absolute atomic E-state index is 11.6. The molecule has 1 aliphatic carbocycles. The van der Waals surface area contributed by atoms with Crippen LogP contribution < -0.4 is 4.72 Å². The summed E-state index contributed by atoms with van der Waals surface area (Å²) in [5.74, 6) is -1.02. The molecule has 1 saturated carbocycles. The highest BCUT2D eigenvalue weighted by molar-refractivity contribution is 7.90. The molecule has 7 heteroatoms. The Morgan fingerprint density at radius 1 is 1.56 bits per heavy atom. The van der Waals surface area contributed by atoms with E-state index in [-0.39, 0.29) is 11.8 Å². The van der Waals surface area contributed by atoms with Crippen molar-refractivity contribution in [1.82, 2.24) is 4.72 Å². The second-order valence-electron chi connectivity index (χ2n) is 4.04. The predicted octanol–water partition coefficient (Wildman–Crippen LogP) is 1.43. The number of hydrogen-bond acceptors (Lipinski definition) is 4. The van der Waals surface area contributed by atoms with Gasteiger partial charge in [-0.25, -0.2) is 17.9 Å². The molecular weight excluding hydrogens is 274 g/mol. The molecule has 0 spiro atoms. The number of thiophene rings is 1.